The summed E-state index contributed by atoms with van der Waals surface area (Å²) in [5.74, 6) is -0.205. The normalized spacial score (nSPS) is 15.1. The Kier molecular flexibility index (Phi) is 6.65. The van der Waals surface area contributed by atoms with Crippen LogP contribution in [0.4, 0.5) is 0 Å². The van der Waals surface area contributed by atoms with Gasteiger partial charge in [0.1, 0.15) is 0 Å². The molecule has 2 amide bonds. The molecule has 2 atom stereocenters. The van der Waals surface area contributed by atoms with Gasteiger partial charge >= 0.3 is 0 Å². The molecule has 0 spiro atoms. The van der Waals surface area contributed by atoms with Crippen LogP contribution in [0.3, 0.4) is 0 Å². The van der Waals surface area contributed by atoms with Gasteiger partial charge in [-0.15, -0.1) is 22.7 Å². The van der Waals surface area contributed by atoms with Gasteiger partial charge in [0.2, 0.25) is 11.8 Å². The first-order valence-electron chi connectivity index (χ1n) is 10.3. The Bertz CT molecular complexity index is 996. The lowest BCUT2D eigenvalue weighted by Gasteiger charge is -2.23. The summed E-state index contributed by atoms with van der Waals surface area (Å²) in [7, 11) is 0. The van der Waals surface area contributed by atoms with Crippen molar-refractivity contribution in [2.45, 2.75) is 51.1 Å². The monoisotopic (exact) mass is 438 g/mol. The zero-order valence-corrected chi connectivity index (χ0v) is 18.7. The molecule has 4 rings (SSSR count). The molecule has 1 aliphatic carbocycles. The van der Waals surface area contributed by atoms with Gasteiger partial charge < -0.3 is 10.6 Å². The SMILES string of the molecule is CC(=O)N[C@H](CC(=O)N[C@@H](c1ccc2c(c1)CCCC2)c1cccs1)c1cccs1. The van der Waals surface area contributed by atoms with Gasteiger partial charge in [0.05, 0.1) is 18.5 Å². The minimum Gasteiger partial charge on any atom is -0.348 e. The molecule has 3 aromatic rings. The topological polar surface area (TPSA) is 58.2 Å². The highest BCUT2D eigenvalue weighted by Crippen LogP contribution is 2.31. The minimum absolute atomic E-state index is 0.0710. The molecule has 0 bridgehead atoms. The fraction of sp³-hybridized carbons (Fsp3) is 0.333. The highest BCUT2D eigenvalue weighted by Gasteiger charge is 2.23. The average Bonchev–Trinajstić information content (AvgIpc) is 3.45. The zero-order valence-electron chi connectivity index (χ0n) is 17.0. The number of hydrogen-bond donors (Lipinski definition) is 2. The van der Waals surface area contributed by atoms with Crippen molar-refractivity contribution >= 4 is 34.5 Å². The Balaban J connectivity index is 1.55. The van der Waals surface area contributed by atoms with E-state index in [1.165, 1.54) is 30.9 Å². The van der Waals surface area contributed by atoms with Crippen LogP contribution in [0.25, 0.3) is 0 Å². The summed E-state index contributed by atoms with van der Waals surface area (Å²) in [5.41, 5.74) is 3.97. The second-order valence-electron chi connectivity index (χ2n) is 7.72. The highest BCUT2D eigenvalue weighted by atomic mass is 32.1. The van der Waals surface area contributed by atoms with Crippen LogP contribution >= 0.6 is 22.7 Å². The molecule has 2 aromatic heterocycles. The molecule has 0 saturated carbocycles. The molecular weight excluding hydrogens is 412 g/mol. The number of amides is 2. The molecule has 2 N–H and O–H groups in total. The molecule has 0 saturated heterocycles. The summed E-state index contributed by atoms with van der Waals surface area (Å²) in [6.07, 6.45) is 4.95. The van der Waals surface area contributed by atoms with Gasteiger partial charge in [-0.25, -0.2) is 0 Å². The first-order chi connectivity index (χ1) is 14.6. The summed E-state index contributed by atoms with van der Waals surface area (Å²) in [5, 5.41) is 10.2. The summed E-state index contributed by atoms with van der Waals surface area (Å²) in [4.78, 5) is 26.8. The van der Waals surface area contributed by atoms with E-state index in [0.717, 1.165) is 28.2 Å². The van der Waals surface area contributed by atoms with Crippen molar-refractivity contribution < 1.29 is 9.59 Å². The lowest BCUT2D eigenvalue weighted by Crippen LogP contribution is -2.34. The van der Waals surface area contributed by atoms with E-state index in [1.807, 2.05) is 29.0 Å². The number of thiophene rings is 2. The van der Waals surface area contributed by atoms with Crippen LogP contribution in [-0.4, -0.2) is 11.8 Å². The number of rotatable bonds is 7. The van der Waals surface area contributed by atoms with Crippen LogP contribution in [0.5, 0.6) is 0 Å². The fourth-order valence-corrected chi connectivity index (χ4v) is 5.65. The van der Waals surface area contributed by atoms with Crippen molar-refractivity contribution in [1.82, 2.24) is 10.6 Å². The second kappa shape index (κ2) is 9.58. The standard InChI is InChI=1S/C24H26N2O2S2/c1-16(27)25-20(21-8-4-12-29-21)15-23(28)26-24(22-9-5-13-30-22)19-11-10-17-6-2-3-7-18(17)14-19/h4-5,8-14,20,24H,2-3,6-7,15H2,1H3,(H,25,27)(H,26,28)/t20-,24+/m1/s1. The predicted octanol–water partition coefficient (Wildman–Crippen LogP) is 5.16. The third-order valence-electron chi connectivity index (χ3n) is 5.49. The lowest BCUT2D eigenvalue weighted by atomic mass is 9.89. The van der Waals surface area contributed by atoms with E-state index in [4.69, 9.17) is 0 Å². The van der Waals surface area contributed by atoms with Crippen LogP contribution in [0, 0.1) is 0 Å². The molecule has 2 heterocycles. The summed E-state index contributed by atoms with van der Waals surface area (Å²) >= 11 is 3.20. The van der Waals surface area contributed by atoms with Gasteiger partial charge in [-0.3, -0.25) is 9.59 Å². The van der Waals surface area contributed by atoms with Crippen molar-refractivity contribution in [3.63, 3.8) is 0 Å². The van der Waals surface area contributed by atoms with Gasteiger partial charge in [0.15, 0.2) is 0 Å². The van der Waals surface area contributed by atoms with Crippen molar-refractivity contribution in [1.29, 1.82) is 0 Å². The Morgan fingerprint density at radius 1 is 0.933 bits per heavy atom. The maximum Gasteiger partial charge on any atom is 0.223 e. The number of fused-ring (bicyclic) bond motifs is 1. The third kappa shape index (κ3) is 4.99. The molecule has 0 aliphatic heterocycles. The smallest absolute Gasteiger partial charge is 0.223 e. The van der Waals surface area contributed by atoms with Crippen molar-refractivity contribution in [3.05, 3.63) is 79.7 Å². The Morgan fingerprint density at radius 3 is 2.30 bits per heavy atom. The van der Waals surface area contributed by atoms with E-state index >= 15 is 0 Å². The van der Waals surface area contributed by atoms with Crippen LogP contribution < -0.4 is 10.6 Å². The highest BCUT2D eigenvalue weighted by molar-refractivity contribution is 7.10. The first kappa shape index (κ1) is 20.8. The lowest BCUT2D eigenvalue weighted by molar-refractivity contribution is -0.123. The van der Waals surface area contributed by atoms with Crippen molar-refractivity contribution in [2.75, 3.05) is 0 Å². The Labute approximate surface area is 185 Å². The Morgan fingerprint density at radius 2 is 1.63 bits per heavy atom. The summed E-state index contributed by atoms with van der Waals surface area (Å²) in [6, 6.07) is 14.1. The fourth-order valence-electron chi connectivity index (χ4n) is 4.07. The van der Waals surface area contributed by atoms with E-state index in [9.17, 15) is 9.59 Å². The zero-order chi connectivity index (χ0) is 20.9. The van der Waals surface area contributed by atoms with Gasteiger partial charge in [0.25, 0.3) is 0 Å². The molecule has 1 aliphatic rings. The number of nitrogens with one attached hydrogen (secondary N) is 2. The number of benzene rings is 1. The Hall–Kier alpha value is -2.44. The number of carbonyl (C=O) groups excluding carboxylic acids is 2. The number of carbonyl (C=O) groups is 2. The van der Waals surface area contributed by atoms with Gasteiger partial charge in [-0.2, -0.15) is 0 Å². The molecule has 156 valence electrons. The average molecular weight is 439 g/mol. The number of hydrogen-bond acceptors (Lipinski definition) is 4. The molecule has 0 unspecified atom stereocenters. The van der Waals surface area contributed by atoms with Crippen molar-refractivity contribution in [2.24, 2.45) is 0 Å². The van der Waals surface area contributed by atoms with Gasteiger partial charge in [-0.05, 0) is 65.3 Å². The molecule has 30 heavy (non-hydrogen) atoms. The molecule has 6 heteroatoms. The maximum atomic E-state index is 13.0. The molecule has 0 fully saturated rings. The molecule has 4 nitrogen and oxygen atoms in total. The number of aryl methyl sites for hydroxylation is 2. The van der Waals surface area contributed by atoms with E-state index in [-0.39, 0.29) is 30.3 Å². The first-order valence-corrected chi connectivity index (χ1v) is 12.1. The molecule has 1 aromatic carbocycles. The predicted molar refractivity (Wildman–Crippen MR) is 123 cm³/mol. The van der Waals surface area contributed by atoms with E-state index < -0.39 is 0 Å². The molecular formula is C24H26N2O2S2. The minimum atomic E-state index is -0.310. The quantitative estimate of drug-likeness (QED) is 0.535. The van der Waals surface area contributed by atoms with Crippen LogP contribution in [-0.2, 0) is 22.4 Å². The van der Waals surface area contributed by atoms with Gasteiger partial charge in [0, 0.05) is 16.7 Å². The maximum absolute atomic E-state index is 13.0. The summed E-state index contributed by atoms with van der Waals surface area (Å²) < 4.78 is 0. The largest absolute Gasteiger partial charge is 0.348 e. The van der Waals surface area contributed by atoms with E-state index in [0.29, 0.717) is 0 Å². The van der Waals surface area contributed by atoms with E-state index in [2.05, 4.69) is 34.9 Å². The second-order valence-corrected chi connectivity index (χ2v) is 9.68. The third-order valence-corrected chi connectivity index (χ3v) is 7.42. The van der Waals surface area contributed by atoms with Crippen LogP contribution in [0.15, 0.2) is 53.2 Å². The van der Waals surface area contributed by atoms with Crippen LogP contribution in [0.2, 0.25) is 0 Å². The van der Waals surface area contributed by atoms with Gasteiger partial charge in [-0.1, -0.05) is 30.3 Å². The van der Waals surface area contributed by atoms with E-state index in [1.54, 1.807) is 22.7 Å². The molecule has 0 radical (unpaired) electrons. The van der Waals surface area contributed by atoms with Crippen LogP contribution in [0.1, 0.15) is 64.7 Å². The van der Waals surface area contributed by atoms with Crippen molar-refractivity contribution in [3.8, 4) is 0 Å². The summed E-state index contributed by atoms with van der Waals surface area (Å²) in [6.45, 7) is 1.49.